The summed E-state index contributed by atoms with van der Waals surface area (Å²) in [5.74, 6) is -0.0178. The molecule has 1 aliphatic heterocycles. The number of hydrogen-bond donors (Lipinski definition) is 2. The summed E-state index contributed by atoms with van der Waals surface area (Å²) in [4.78, 5) is 25.8. The van der Waals surface area contributed by atoms with Crippen LogP contribution >= 0.6 is 0 Å². The van der Waals surface area contributed by atoms with E-state index in [0.717, 1.165) is 18.5 Å². The third-order valence-corrected chi connectivity index (χ3v) is 4.63. The van der Waals surface area contributed by atoms with Gasteiger partial charge in [-0.2, -0.15) is 0 Å². The highest BCUT2D eigenvalue weighted by molar-refractivity contribution is 5.94. The molecular formula is C18H26N2O3. The first-order valence-electron chi connectivity index (χ1n) is 8.34. The molecule has 1 heterocycles. The largest absolute Gasteiger partial charge is 0.388 e. The highest BCUT2D eigenvalue weighted by Gasteiger charge is 2.23. The van der Waals surface area contributed by atoms with Gasteiger partial charge in [0.1, 0.15) is 0 Å². The van der Waals surface area contributed by atoms with Gasteiger partial charge in [0, 0.05) is 31.6 Å². The number of carbonyl (C=O) groups is 2. The molecule has 0 aliphatic carbocycles. The fourth-order valence-corrected chi connectivity index (χ4v) is 2.75. The van der Waals surface area contributed by atoms with Crippen molar-refractivity contribution in [2.24, 2.45) is 0 Å². The van der Waals surface area contributed by atoms with Crippen molar-refractivity contribution < 1.29 is 14.7 Å². The van der Waals surface area contributed by atoms with Crippen LogP contribution in [0.25, 0.3) is 0 Å². The zero-order valence-electron chi connectivity index (χ0n) is 14.0. The van der Waals surface area contributed by atoms with Gasteiger partial charge in [0.2, 0.25) is 5.91 Å². The van der Waals surface area contributed by atoms with Gasteiger partial charge < -0.3 is 15.3 Å². The average Bonchev–Trinajstić information content (AvgIpc) is 2.97. The van der Waals surface area contributed by atoms with Crippen molar-refractivity contribution in [1.82, 2.24) is 10.2 Å². The van der Waals surface area contributed by atoms with Crippen LogP contribution in [0.15, 0.2) is 24.3 Å². The van der Waals surface area contributed by atoms with E-state index >= 15 is 0 Å². The lowest BCUT2D eigenvalue weighted by Crippen LogP contribution is -2.42. The minimum atomic E-state index is -0.852. The number of nitrogens with zero attached hydrogens (tertiary/aromatic N) is 1. The lowest BCUT2D eigenvalue weighted by atomic mass is 9.97. The van der Waals surface area contributed by atoms with Gasteiger partial charge in [0.05, 0.1) is 5.60 Å². The van der Waals surface area contributed by atoms with Crippen LogP contribution in [0.2, 0.25) is 0 Å². The van der Waals surface area contributed by atoms with Crippen molar-refractivity contribution in [1.29, 1.82) is 0 Å². The molecule has 1 aliphatic rings. The van der Waals surface area contributed by atoms with E-state index in [0.29, 0.717) is 31.4 Å². The molecule has 2 amide bonds. The number of rotatable bonds is 7. The second-order valence-corrected chi connectivity index (χ2v) is 6.23. The molecule has 0 bridgehead atoms. The molecule has 0 atom stereocenters. The molecule has 1 fully saturated rings. The second kappa shape index (κ2) is 7.59. The van der Waals surface area contributed by atoms with E-state index in [9.17, 15) is 14.7 Å². The van der Waals surface area contributed by atoms with Crippen LogP contribution in [0.5, 0.6) is 0 Å². The maximum Gasteiger partial charge on any atom is 0.251 e. The molecule has 0 saturated carbocycles. The first-order chi connectivity index (χ1) is 11.0. The van der Waals surface area contributed by atoms with Gasteiger partial charge >= 0.3 is 0 Å². The summed E-state index contributed by atoms with van der Waals surface area (Å²) in [5, 5.41) is 13.0. The number of aliphatic hydroxyl groups is 1. The first-order valence-corrected chi connectivity index (χ1v) is 8.34. The molecule has 23 heavy (non-hydrogen) atoms. The zero-order valence-corrected chi connectivity index (χ0v) is 14.0. The summed E-state index contributed by atoms with van der Waals surface area (Å²) in [6.07, 6.45) is 2.72. The Hall–Kier alpha value is -1.88. The molecule has 2 N–H and O–H groups in total. The van der Waals surface area contributed by atoms with Crippen LogP contribution in [-0.4, -0.2) is 40.5 Å². The number of nitrogens with one attached hydrogen (secondary N) is 1. The van der Waals surface area contributed by atoms with E-state index in [4.69, 9.17) is 0 Å². The molecule has 0 unspecified atom stereocenters. The summed E-state index contributed by atoms with van der Waals surface area (Å²) in [6, 6.07) is 7.33. The van der Waals surface area contributed by atoms with Crippen molar-refractivity contribution in [3.8, 4) is 0 Å². The average molecular weight is 318 g/mol. The van der Waals surface area contributed by atoms with Crippen LogP contribution in [0.1, 0.15) is 55.5 Å². The molecule has 0 radical (unpaired) electrons. The van der Waals surface area contributed by atoms with Crippen molar-refractivity contribution in [2.75, 3.05) is 13.1 Å². The summed E-state index contributed by atoms with van der Waals surface area (Å²) in [7, 11) is 0. The smallest absolute Gasteiger partial charge is 0.251 e. The minimum absolute atomic E-state index is 0.177. The monoisotopic (exact) mass is 318 g/mol. The molecular weight excluding hydrogens is 292 g/mol. The van der Waals surface area contributed by atoms with Crippen LogP contribution < -0.4 is 5.32 Å². The van der Waals surface area contributed by atoms with E-state index in [1.165, 1.54) is 0 Å². The van der Waals surface area contributed by atoms with Crippen molar-refractivity contribution in [3.63, 3.8) is 0 Å². The fourth-order valence-electron chi connectivity index (χ4n) is 2.75. The van der Waals surface area contributed by atoms with Crippen LogP contribution in [-0.2, 0) is 11.3 Å². The minimum Gasteiger partial charge on any atom is -0.388 e. The quantitative estimate of drug-likeness (QED) is 0.809. The Morgan fingerprint density at radius 2 is 2.09 bits per heavy atom. The molecule has 1 aromatic rings. The van der Waals surface area contributed by atoms with Gasteiger partial charge in [-0.3, -0.25) is 9.59 Å². The Morgan fingerprint density at radius 3 is 2.70 bits per heavy atom. The molecule has 1 aromatic carbocycles. The second-order valence-electron chi connectivity index (χ2n) is 6.23. The van der Waals surface area contributed by atoms with Gasteiger partial charge in [0.25, 0.3) is 5.91 Å². The van der Waals surface area contributed by atoms with Gasteiger partial charge in [-0.1, -0.05) is 26.0 Å². The maximum absolute atomic E-state index is 12.3. The van der Waals surface area contributed by atoms with Crippen LogP contribution in [0.3, 0.4) is 0 Å². The van der Waals surface area contributed by atoms with Gasteiger partial charge in [0.15, 0.2) is 0 Å². The molecule has 0 aromatic heterocycles. The molecule has 5 heteroatoms. The number of benzene rings is 1. The number of amides is 2. The first kappa shape index (κ1) is 17.5. The van der Waals surface area contributed by atoms with Crippen LogP contribution in [0.4, 0.5) is 0 Å². The number of hydrogen-bond acceptors (Lipinski definition) is 3. The van der Waals surface area contributed by atoms with E-state index in [2.05, 4.69) is 5.32 Å². The summed E-state index contributed by atoms with van der Waals surface area (Å²) in [6.45, 7) is 5.39. The van der Waals surface area contributed by atoms with E-state index in [1.54, 1.807) is 6.07 Å². The van der Waals surface area contributed by atoms with Gasteiger partial charge in [-0.05, 0) is 37.0 Å². The lowest BCUT2D eigenvalue weighted by molar-refractivity contribution is -0.128. The summed E-state index contributed by atoms with van der Waals surface area (Å²) < 4.78 is 0. The number of carbonyl (C=O) groups excluding carboxylic acids is 2. The van der Waals surface area contributed by atoms with Crippen molar-refractivity contribution in [2.45, 2.75) is 51.7 Å². The Bertz CT molecular complexity index is 567. The third kappa shape index (κ3) is 4.55. The molecule has 0 spiro atoms. The SMILES string of the molecule is CCC(O)(CC)CNC(=O)c1cccc(CN2CCCC2=O)c1. The Morgan fingerprint density at radius 1 is 1.35 bits per heavy atom. The standard InChI is InChI=1S/C18H26N2O3/c1-3-18(23,4-2)13-19-17(22)15-8-5-7-14(11-15)12-20-10-6-9-16(20)21/h5,7-8,11,23H,3-4,6,9-10,12-13H2,1-2H3,(H,19,22). The van der Waals surface area contributed by atoms with E-state index in [1.807, 2.05) is 36.9 Å². The van der Waals surface area contributed by atoms with E-state index < -0.39 is 5.60 Å². The Kier molecular flexibility index (Phi) is 5.77. The Balaban J connectivity index is 1.98. The predicted molar refractivity (Wildman–Crippen MR) is 89.0 cm³/mol. The maximum atomic E-state index is 12.3. The third-order valence-electron chi connectivity index (χ3n) is 4.63. The molecule has 5 nitrogen and oxygen atoms in total. The summed E-state index contributed by atoms with van der Waals surface area (Å²) in [5.41, 5.74) is 0.660. The molecule has 1 saturated heterocycles. The topological polar surface area (TPSA) is 69.6 Å². The lowest BCUT2D eigenvalue weighted by Gasteiger charge is -2.25. The predicted octanol–water partition coefficient (Wildman–Crippen LogP) is 2.09. The highest BCUT2D eigenvalue weighted by atomic mass is 16.3. The van der Waals surface area contributed by atoms with Gasteiger partial charge in [-0.15, -0.1) is 0 Å². The van der Waals surface area contributed by atoms with E-state index in [-0.39, 0.29) is 18.4 Å². The normalized spacial score (nSPS) is 15.1. The van der Waals surface area contributed by atoms with Gasteiger partial charge in [-0.25, -0.2) is 0 Å². The van der Waals surface area contributed by atoms with Crippen LogP contribution in [0, 0.1) is 0 Å². The van der Waals surface area contributed by atoms with Crippen molar-refractivity contribution >= 4 is 11.8 Å². The fraction of sp³-hybridized carbons (Fsp3) is 0.556. The van der Waals surface area contributed by atoms with Crippen molar-refractivity contribution in [3.05, 3.63) is 35.4 Å². The highest BCUT2D eigenvalue weighted by Crippen LogP contribution is 2.16. The number of likely N-dealkylation sites (tertiary alicyclic amines) is 1. The summed E-state index contributed by atoms with van der Waals surface area (Å²) >= 11 is 0. The zero-order chi connectivity index (χ0) is 16.9. The molecule has 2 rings (SSSR count). The Labute approximate surface area is 137 Å². The molecule has 126 valence electrons.